The number of nitrogens with zero attached hydrogens (tertiary/aromatic N) is 4. The minimum atomic E-state index is -5.20. The summed E-state index contributed by atoms with van der Waals surface area (Å²) in [7, 11) is -14.7. The van der Waals surface area contributed by atoms with Crippen molar-refractivity contribution in [2.24, 2.45) is 15.3 Å². The number of carbonyl (C=O) groups excluding carboxylic acids is 2. The van der Waals surface area contributed by atoms with Crippen LogP contribution in [-0.2, 0) is 34.9 Å². The molecule has 1 unspecified atom stereocenters. The van der Waals surface area contributed by atoms with Crippen LogP contribution in [0.25, 0.3) is 0 Å². The summed E-state index contributed by atoms with van der Waals surface area (Å²) in [6.07, 6.45) is 0. The molecular weight excluding hydrogens is 689 g/mol. The zero-order chi connectivity index (χ0) is 31.2. The molecule has 0 fully saturated rings. The number of amides is 1. The number of azo groups is 1. The summed E-state index contributed by atoms with van der Waals surface area (Å²) in [6.45, 7) is 1.26. The van der Waals surface area contributed by atoms with Gasteiger partial charge in [-0.3, -0.25) is 9.35 Å². The molecule has 0 saturated carbocycles. The van der Waals surface area contributed by atoms with Crippen LogP contribution in [0.4, 0.5) is 11.4 Å². The van der Waals surface area contributed by atoms with E-state index in [9.17, 15) is 54.2 Å². The largest absolute Gasteiger partial charge is 1.00 e. The van der Waals surface area contributed by atoms with Crippen molar-refractivity contribution in [1.29, 1.82) is 0 Å². The van der Waals surface area contributed by atoms with Gasteiger partial charge in [-0.25, -0.2) is 16.8 Å². The Bertz CT molecular complexity index is 2060. The molecule has 1 heterocycles. The van der Waals surface area contributed by atoms with Crippen LogP contribution in [0.3, 0.4) is 0 Å². The number of hydrogen-bond acceptors (Lipinski definition) is 14. The number of carboxylic acids is 1. The Kier molecular flexibility index (Phi) is 14.3. The molecule has 220 valence electrons. The minimum absolute atomic E-state index is 0. The van der Waals surface area contributed by atoms with E-state index in [-0.39, 0.29) is 100 Å². The van der Waals surface area contributed by atoms with Crippen LogP contribution >= 0.6 is 0 Å². The van der Waals surface area contributed by atoms with Crippen LogP contribution in [0.1, 0.15) is 17.3 Å². The third-order valence-electron chi connectivity index (χ3n) is 5.74. The smallest absolute Gasteiger partial charge is 0.872 e. The van der Waals surface area contributed by atoms with Crippen LogP contribution in [0.15, 0.2) is 95.6 Å². The summed E-state index contributed by atoms with van der Waals surface area (Å²) in [6, 6.07) is 7.05. The number of hydrogen-bond donors (Lipinski definition) is 1. The van der Waals surface area contributed by atoms with Crippen LogP contribution in [0, 0.1) is 0 Å². The topological polar surface area (TPSA) is 266 Å². The molecule has 22 heteroatoms. The second kappa shape index (κ2) is 15.6. The van der Waals surface area contributed by atoms with Gasteiger partial charge in [0.15, 0.2) is 6.04 Å². The third-order valence-corrected chi connectivity index (χ3v) is 9.27. The summed E-state index contributed by atoms with van der Waals surface area (Å²) in [5, 5.41) is 34.9. The molecule has 0 bridgehead atoms. The molecule has 0 aromatic heterocycles. The quantitative estimate of drug-likeness (QED) is 0.130. The zero-order valence-corrected chi connectivity index (χ0v) is 32.3. The number of anilines is 1. The molecule has 3 aromatic carbocycles. The van der Waals surface area contributed by atoms with Gasteiger partial charge in [0.05, 0.1) is 32.1 Å². The Hall–Kier alpha value is -1.56. The molecule has 3 aromatic rings. The van der Waals surface area contributed by atoms with Gasteiger partial charge in [0.25, 0.3) is 16.0 Å². The maximum absolute atomic E-state index is 13.5. The Morgan fingerprint density at radius 3 is 2.09 bits per heavy atom. The molecule has 1 atom stereocenters. The number of carbonyl (C=O) groups is 2. The summed E-state index contributed by atoms with van der Waals surface area (Å²) < 4.78 is 94.8. The Balaban J connectivity index is 0.00000337. The van der Waals surface area contributed by atoms with Crippen molar-refractivity contribution in [3.63, 3.8) is 0 Å². The first-order valence-corrected chi connectivity index (χ1v) is 15.5. The molecule has 1 aliphatic heterocycles. The van der Waals surface area contributed by atoms with Gasteiger partial charge >= 0.3 is 88.7 Å². The Labute approximate surface area is 322 Å². The third kappa shape index (κ3) is 8.87. The molecule has 1 aliphatic rings. The number of hydrazone groups is 1. The average molecular weight is 705 g/mol. The monoisotopic (exact) mass is 704 g/mol. The van der Waals surface area contributed by atoms with E-state index in [0.29, 0.717) is 35.3 Å². The normalized spacial score (nSPS) is 15.1. The first-order valence-electron chi connectivity index (χ1n) is 11.2. The second-order valence-electron chi connectivity index (χ2n) is 8.48. The predicted octanol–water partition coefficient (Wildman–Crippen LogP) is -9.01. The van der Waals surface area contributed by atoms with Gasteiger partial charge in [-0.2, -0.15) is 28.8 Å². The van der Waals surface area contributed by atoms with E-state index in [4.69, 9.17) is 0 Å². The number of rotatable bonds is 8. The fourth-order valence-corrected chi connectivity index (χ4v) is 6.30. The molecule has 16 nitrogen and oxygen atoms in total. The van der Waals surface area contributed by atoms with Crippen LogP contribution in [0.5, 0.6) is 5.75 Å². The zero-order valence-electron chi connectivity index (χ0n) is 23.8. The first kappa shape index (κ1) is 41.5. The van der Waals surface area contributed by atoms with E-state index < -0.39 is 84.6 Å². The van der Waals surface area contributed by atoms with Gasteiger partial charge in [-0.15, -0.1) is 0 Å². The fourth-order valence-electron chi connectivity index (χ4n) is 3.75. The van der Waals surface area contributed by atoms with Crippen LogP contribution in [0.2, 0.25) is 0 Å². The maximum atomic E-state index is 13.5. The van der Waals surface area contributed by atoms with E-state index in [0.717, 1.165) is 18.2 Å². The number of carboxylic acid groups (broad SMARTS) is 1. The number of aromatic carboxylic acids is 1. The Morgan fingerprint density at radius 2 is 1.51 bits per heavy atom. The van der Waals surface area contributed by atoms with Crippen molar-refractivity contribution in [3.8, 4) is 5.75 Å². The van der Waals surface area contributed by atoms with Crippen molar-refractivity contribution in [2.75, 3.05) is 5.01 Å². The summed E-state index contributed by atoms with van der Waals surface area (Å²) >= 11 is 0. The molecule has 0 saturated heterocycles. The summed E-state index contributed by atoms with van der Waals surface area (Å²) in [4.78, 5) is 21.5. The van der Waals surface area contributed by atoms with Crippen LogP contribution in [-0.4, -0.2) is 58.0 Å². The molecule has 0 radical (unpaired) electrons. The average Bonchev–Trinajstić information content (AvgIpc) is 3.18. The van der Waals surface area contributed by atoms with Crippen molar-refractivity contribution < 1.29 is 143 Å². The number of benzene rings is 3. The fraction of sp³-hybridized carbons (Fsp3) is 0.0870. The molecule has 4 rings (SSSR count). The standard InChI is InChI=1S/C23H18N4O12S3.3Na/c1-12-21(25-24-16-4-2-3-5-19(16)42(37,38)39)22(29)27(26-12)17-11-14(41(34,35)36)7-9-20(17)40(32,33)13-6-8-18(28)15(10-13)23(30)31;;;/h2-11,21,28H,1H3,(H,30,31)(H,34,35,36)(H,37,38,39);;;/q;3*+1/p-3. The van der Waals surface area contributed by atoms with E-state index >= 15 is 0 Å². The minimum Gasteiger partial charge on any atom is -0.872 e. The van der Waals surface area contributed by atoms with E-state index in [1.54, 1.807) is 0 Å². The maximum Gasteiger partial charge on any atom is 1.00 e. The van der Waals surface area contributed by atoms with Gasteiger partial charge in [0, 0.05) is 0 Å². The molecule has 45 heavy (non-hydrogen) atoms. The molecule has 1 amide bonds. The second-order valence-corrected chi connectivity index (χ2v) is 13.2. The molecule has 0 aliphatic carbocycles. The van der Waals surface area contributed by atoms with Gasteiger partial charge in [-0.1, -0.05) is 23.9 Å². The molecule has 0 spiro atoms. The first-order chi connectivity index (χ1) is 19.4. The van der Waals surface area contributed by atoms with E-state index in [2.05, 4.69) is 15.3 Å². The summed E-state index contributed by atoms with van der Waals surface area (Å²) in [5.41, 5.74) is -2.21. The predicted molar refractivity (Wildman–Crippen MR) is 135 cm³/mol. The van der Waals surface area contributed by atoms with Crippen molar-refractivity contribution in [1.82, 2.24) is 0 Å². The summed E-state index contributed by atoms with van der Waals surface area (Å²) in [5.74, 6) is -4.13. The SMILES string of the molecule is CC1=NN(c2cc(S(=O)(=O)[O-])ccc2S(=O)(=O)c2ccc([O-])c(C(=O)[O-])c2)C(=O)C1N=Nc1ccccc1S(=O)(=O)O.[Na+].[Na+].[Na+]. The van der Waals surface area contributed by atoms with Gasteiger partial charge < -0.3 is 19.6 Å². The van der Waals surface area contributed by atoms with Crippen molar-refractivity contribution in [2.45, 2.75) is 32.5 Å². The number of sulfone groups is 1. The van der Waals surface area contributed by atoms with Gasteiger partial charge in [0.1, 0.15) is 20.7 Å². The molecule has 1 N–H and O–H groups in total. The Morgan fingerprint density at radius 1 is 0.911 bits per heavy atom. The van der Waals surface area contributed by atoms with Gasteiger partial charge in [-0.05, 0) is 55.0 Å². The van der Waals surface area contributed by atoms with Crippen molar-refractivity contribution >= 4 is 59.0 Å². The van der Waals surface area contributed by atoms with Crippen molar-refractivity contribution in [3.05, 3.63) is 66.2 Å². The molecular formula is C23H15N4Na3O12S3. The van der Waals surface area contributed by atoms with E-state index in [1.807, 2.05) is 0 Å². The van der Waals surface area contributed by atoms with E-state index in [1.165, 1.54) is 19.1 Å². The van der Waals surface area contributed by atoms with Crippen LogP contribution < -0.4 is 104 Å². The van der Waals surface area contributed by atoms with Gasteiger partial charge in [0.2, 0.25) is 9.84 Å².